The number of carbonyl (C=O) groups is 1. The zero-order valence-electron chi connectivity index (χ0n) is 18.3. The molecule has 0 atom stereocenters. The Balaban J connectivity index is 1.43. The number of fused-ring (bicyclic) bond motifs is 1. The van der Waals surface area contributed by atoms with Crippen LogP contribution in [0.1, 0.15) is 45.7 Å². The van der Waals surface area contributed by atoms with E-state index in [9.17, 15) is 22.8 Å². The number of amides is 1. The molecule has 3 heterocycles. The molecular weight excluding hydrogens is 433 g/mol. The lowest BCUT2D eigenvalue weighted by Crippen LogP contribution is -2.47. The van der Waals surface area contributed by atoms with Gasteiger partial charge in [-0.15, -0.1) is 0 Å². The van der Waals surface area contributed by atoms with Crippen LogP contribution < -0.4 is 5.56 Å². The van der Waals surface area contributed by atoms with Gasteiger partial charge >= 0.3 is 6.18 Å². The first-order valence-electron chi connectivity index (χ1n) is 10.8. The van der Waals surface area contributed by atoms with E-state index in [4.69, 9.17) is 0 Å². The van der Waals surface area contributed by atoms with Crippen LogP contribution in [-0.4, -0.2) is 38.0 Å². The number of pyridine rings is 1. The molecular formula is C24H23F3N4O2. The molecule has 0 bridgehead atoms. The van der Waals surface area contributed by atoms with Crippen molar-refractivity contribution in [1.82, 2.24) is 19.0 Å². The highest BCUT2D eigenvalue weighted by Crippen LogP contribution is 2.51. The Morgan fingerprint density at radius 3 is 2.45 bits per heavy atom. The van der Waals surface area contributed by atoms with Gasteiger partial charge in [0.05, 0.1) is 17.6 Å². The van der Waals surface area contributed by atoms with Crippen molar-refractivity contribution in [2.24, 2.45) is 0 Å². The van der Waals surface area contributed by atoms with Crippen molar-refractivity contribution in [3.63, 3.8) is 0 Å². The molecule has 1 aliphatic heterocycles. The average molecular weight is 456 g/mol. The Morgan fingerprint density at radius 1 is 1.06 bits per heavy atom. The largest absolute Gasteiger partial charge is 0.416 e. The number of carbonyl (C=O) groups excluding carboxylic acids is 1. The smallest absolute Gasteiger partial charge is 0.335 e. The Bertz CT molecular complexity index is 1320. The van der Waals surface area contributed by atoms with Crippen LogP contribution in [0.3, 0.4) is 0 Å². The topological polar surface area (TPSA) is 60.1 Å². The fraction of sp³-hybridized carbons (Fsp3) is 0.375. The highest BCUT2D eigenvalue weighted by molar-refractivity contribution is 5.93. The number of imidazole rings is 1. The number of aromatic nitrogens is 3. The summed E-state index contributed by atoms with van der Waals surface area (Å²) in [5.74, 6) is -0.275. The summed E-state index contributed by atoms with van der Waals surface area (Å²) in [6, 6.07) is 7.08. The normalized spacial score (nSPS) is 17.2. The van der Waals surface area contributed by atoms with Crippen LogP contribution in [0.5, 0.6) is 0 Å². The van der Waals surface area contributed by atoms with Crippen LogP contribution in [0.4, 0.5) is 13.2 Å². The Kier molecular flexibility index (Phi) is 4.77. The van der Waals surface area contributed by atoms with Gasteiger partial charge in [-0.05, 0) is 62.1 Å². The third kappa shape index (κ3) is 3.65. The second kappa shape index (κ2) is 7.33. The maximum Gasteiger partial charge on any atom is 0.416 e. The molecule has 2 aromatic heterocycles. The summed E-state index contributed by atoms with van der Waals surface area (Å²) in [7, 11) is 0. The van der Waals surface area contributed by atoms with Gasteiger partial charge in [0, 0.05) is 31.2 Å². The van der Waals surface area contributed by atoms with Crippen LogP contribution in [0.25, 0.3) is 5.69 Å². The van der Waals surface area contributed by atoms with Gasteiger partial charge < -0.3 is 14.0 Å². The van der Waals surface area contributed by atoms with E-state index in [1.54, 1.807) is 34.1 Å². The van der Waals surface area contributed by atoms with E-state index in [1.807, 2.05) is 13.8 Å². The fourth-order valence-electron chi connectivity index (χ4n) is 4.76. The minimum Gasteiger partial charge on any atom is -0.335 e. The van der Waals surface area contributed by atoms with Gasteiger partial charge in [-0.2, -0.15) is 13.2 Å². The molecule has 1 fully saturated rings. The van der Waals surface area contributed by atoms with Crippen molar-refractivity contribution in [2.75, 3.05) is 13.1 Å². The van der Waals surface area contributed by atoms with Crippen LogP contribution in [0.15, 0.2) is 47.7 Å². The maximum atomic E-state index is 13.3. The van der Waals surface area contributed by atoms with Gasteiger partial charge in [0.25, 0.3) is 11.5 Å². The number of halogens is 3. The van der Waals surface area contributed by atoms with Crippen LogP contribution in [0, 0.1) is 13.8 Å². The molecule has 1 aliphatic carbocycles. The predicted molar refractivity (Wildman–Crippen MR) is 116 cm³/mol. The summed E-state index contributed by atoms with van der Waals surface area (Å²) in [4.78, 5) is 32.1. The summed E-state index contributed by atoms with van der Waals surface area (Å²) in [6.45, 7) is 4.64. The van der Waals surface area contributed by atoms with Crippen molar-refractivity contribution in [2.45, 2.75) is 44.8 Å². The Hall–Kier alpha value is -3.36. The summed E-state index contributed by atoms with van der Waals surface area (Å²) in [5.41, 5.74) is 1.52. The average Bonchev–Trinajstić information content (AvgIpc) is 3.41. The van der Waals surface area contributed by atoms with E-state index in [0.717, 1.165) is 30.2 Å². The molecule has 1 saturated carbocycles. The van der Waals surface area contributed by atoms with Gasteiger partial charge in [-0.3, -0.25) is 9.59 Å². The zero-order valence-corrected chi connectivity index (χ0v) is 18.3. The standard InChI is InChI=1S/C24H23F3N4O2/c1-15-3-4-17(24(25,26)27)11-18(15)23(7-8-23)13-29-9-10-31-20(21(29)32)6-5-19(22(31)33)30-12-16(2)28-14-30/h3-6,11-12,14H,7-10,13H2,1-2H3. The quantitative estimate of drug-likeness (QED) is 0.599. The highest BCUT2D eigenvalue weighted by atomic mass is 19.4. The molecule has 2 aliphatic rings. The molecule has 1 aromatic carbocycles. The van der Waals surface area contributed by atoms with Crippen LogP contribution in [0.2, 0.25) is 0 Å². The molecule has 0 N–H and O–H groups in total. The van der Waals surface area contributed by atoms with Gasteiger partial charge in [-0.1, -0.05) is 6.07 Å². The van der Waals surface area contributed by atoms with Crippen LogP contribution in [-0.2, 0) is 18.1 Å². The van der Waals surface area contributed by atoms with Gasteiger partial charge in [0.2, 0.25) is 0 Å². The van der Waals surface area contributed by atoms with E-state index >= 15 is 0 Å². The second-order valence-electron chi connectivity index (χ2n) is 9.02. The number of aryl methyl sites for hydroxylation is 2. The minimum absolute atomic E-state index is 0.271. The lowest BCUT2D eigenvalue weighted by atomic mass is 9.89. The molecule has 0 saturated heterocycles. The van der Waals surface area contributed by atoms with Gasteiger partial charge in [-0.25, -0.2) is 4.98 Å². The molecule has 0 unspecified atom stereocenters. The van der Waals surface area contributed by atoms with E-state index in [0.29, 0.717) is 36.6 Å². The van der Waals surface area contributed by atoms with E-state index < -0.39 is 17.2 Å². The van der Waals surface area contributed by atoms with Crippen molar-refractivity contribution in [1.29, 1.82) is 0 Å². The molecule has 5 rings (SSSR count). The molecule has 0 spiro atoms. The molecule has 9 heteroatoms. The molecule has 33 heavy (non-hydrogen) atoms. The third-order valence-corrected chi connectivity index (χ3v) is 6.73. The van der Waals surface area contributed by atoms with Gasteiger partial charge in [0.1, 0.15) is 11.4 Å². The predicted octanol–water partition coefficient (Wildman–Crippen LogP) is 3.86. The van der Waals surface area contributed by atoms with Gasteiger partial charge in [0.15, 0.2) is 0 Å². The van der Waals surface area contributed by atoms with Crippen molar-refractivity contribution < 1.29 is 18.0 Å². The van der Waals surface area contributed by atoms with Crippen molar-refractivity contribution in [3.8, 4) is 5.69 Å². The first-order chi connectivity index (χ1) is 15.6. The monoisotopic (exact) mass is 456 g/mol. The fourth-order valence-corrected chi connectivity index (χ4v) is 4.76. The summed E-state index contributed by atoms with van der Waals surface area (Å²) in [5, 5.41) is 0. The second-order valence-corrected chi connectivity index (χ2v) is 9.02. The van der Waals surface area contributed by atoms with Crippen molar-refractivity contribution >= 4 is 5.91 Å². The van der Waals surface area contributed by atoms with Crippen LogP contribution >= 0.6 is 0 Å². The maximum absolute atomic E-state index is 13.3. The molecule has 3 aromatic rings. The SMILES string of the molecule is Cc1cn(-c2ccc3n(c2=O)CCN(CC2(c4cc(C(F)(F)F)ccc4C)CC2)C3=O)cn1. The van der Waals surface area contributed by atoms with E-state index in [2.05, 4.69) is 4.98 Å². The summed E-state index contributed by atoms with van der Waals surface area (Å²) < 4.78 is 43.0. The number of hydrogen-bond acceptors (Lipinski definition) is 3. The number of hydrogen-bond donors (Lipinski definition) is 0. The van der Waals surface area contributed by atoms with Crippen molar-refractivity contribution in [3.05, 3.63) is 81.3 Å². The molecule has 1 amide bonds. The summed E-state index contributed by atoms with van der Waals surface area (Å²) >= 11 is 0. The lowest BCUT2D eigenvalue weighted by molar-refractivity contribution is -0.137. The first-order valence-corrected chi connectivity index (χ1v) is 10.8. The first kappa shape index (κ1) is 21.5. The number of benzene rings is 1. The Morgan fingerprint density at radius 2 is 1.82 bits per heavy atom. The highest BCUT2D eigenvalue weighted by Gasteiger charge is 2.48. The summed E-state index contributed by atoms with van der Waals surface area (Å²) in [6.07, 6.45) is 0.347. The Labute approximate surface area is 188 Å². The minimum atomic E-state index is -4.41. The molecule has 0 radical (unpaired) electrons. The third-order valence-electron chi connectivity index (χ3n) is 6.73. The zero-order chi connectivity index (χ0) is 23.5. The lowest BCUT2D eigenvalue weighted by Gasteiger charge is -2.33. The van der Waals surface area contributed by atoms with E-state index in [-0.39, 0.29) is 11.5 Å². The molecule has 172 valence electrons. The number of nitrogens with zero attached hydrogens (tertiary/aromatic N) is 4. The molecule has 6 nitrogen and oxygen atoms in total. The number of alkyl halides is 3. The number of rotatable bonds is 4. The van der Waals surface area contributed by atoms with E-state index in [1.165, 1.54) is 16.7 Å².